The number of carbonyl (C=O) groups is 1. The van der Waals surface area contributed by atoms with Crippen LogP contribution in [-0.4, -0.2) is 55.0 Å². The van der Waals surface area contributed by atoms with Gasteiger partial charge in [0.25, 0.3) is 0 Å². The molecule has 0 N–H and O–H groups in total. The van der Waals surface area contributed by atoms with Crippen LogP contribution in [0.2, 0.25) is 0 Å². The number of likely N-dealkylation sites (tertiary alicyclic amines) is 1. The van der Waals surface area contributed by atoms with Gasteiger partial charge in [-0.15, -0.1) is 0 Å². The Bertz CT molecular complexity index is 689. The van der Waals surface area contributed by atoms with Crippen molar-refractivity contribution >= 4 is 15.9 Å². The van der Waals surface area contributed by atoms with E-state index in [0.29, 0.717) is 19.5 Å². The minimum absolute atomic E-state index is 0.137. The third-order valence-electron chi connectivity index (χ3n) is 5.31. The zero-order valence-electron chi connectivity index (χ0n) is 14.3. The van der Waals surface area contributed by atoms with E-state index in [2.05, 4.69) is 0 Å². The highest BCUT2D eigenvalue weighted by Crippen LogP contribution is 2.38. The number of nitrogens with zero attached hydrogens (tertiary/aromatic N) is 2. The van der Waals surface area contributed by atoms with Crippen LogP contribution in [0.25, 0.3) is 0 Å². The average Bonchev–Trinajstić information content (AvgIpc) is 2.96. The number of aryl methyl sites for hydroxylation is 1. The number of sulfonamides is 1. The highest BCUT2D eigenvalue weighted by atomic mass is 32.2. The van der Waals surface area contributed by atoms with Crippen molar-refractivity contribution in [2.45, 2.75) is 44.1 Å². The summed E-state index contributed by atoms with van der Waals surface area (Å²) in [5.41, 5.74) is 0.796. The molecule has 2 fully saturated rings. The molecule has 2 aliphatic heterocycles. The molecule has 5 nitrogen and oxygen atoms in total. The van der Waals surface area contributed by atoms with Crippen LogP contribution in [0.3, 0.4) is 0 Å². The molecule has 6 heteroatoms. The molecule has 0 radical (unpaired) electrons. The summed E-state index contributed by atoms with van der Waals surface area (Å²) < 4.78 is 25.9. The summed E-state index contributed by atoms with van der Waals surface area (Å²) in [7, 11) is -3.22. The summed E-state index contributed by atoms with van der Waals surface area (Å²) in [4.78, 5) is 14.5. The van der Waals surface area contributed by atoms with Crippen molar-refractivity contribution in [1.29, 1.82) is 0 Å². The molecule has 1 spiro atoms. The van der Waals surface area contributed by atoms with Crippen LogP contribution < -0.4 is 0 Å². The summed E-state index contributed by atoms with van der Waals surface area (Å²) in [5, 5.41) is 0. The first-order valence-corrected chi connectivity index (χ1v) is 10.6. The smallest absolute Gasteiger partial charge is 0.222 e. The van der Waals surface area contributed by atoms with Crippen LogP contribution in [0.1, 0.15) is 37.7 Å². The van der Waals surface area contributed by atoms with E-state index in [1.807, 2.05) is 35.2 Å². The lowest BCUT2D eigenvalue weighted by Gasteiger charge is -2.44. The minimum atomic E-state index is -3.22. The van der Waals surface area contributed by atoms with E-state index in [9.17, 15) is 13.2 Å². The van der Waals surface area contributed by atoms with Crippen molar-refractivity contribution in [1.82, 2.24) is 9.21 Å². The lowest BCUT2D eigenvalue weighted by atomic mass is 9.87. The molecule has 1 amide bonds. The van der Waals surface area contributed by atoms with Crippen LogP contribution in [0.15, 0.2) is 30.3 Å². The van der Waals surface area contributed by atoms with E-state index in [-0.39, 0.29) is 11.4 Å². The predicted molar refractivity (Wildman–Crippen MR) is 94.1 cm³/mol. The topological polar surface area (TPSA) is 57.7 Å². The Morgan fingerprint density at radius 1 is 1.12 bits per heavy atom. The van der Waals surface area contributed by atoms with Gasteiger partial charge in [-0.1, -0.05) is 30.3 Å². The Kier molecular flexibility index (Phi) is 4.97. The Hall–Kier alpha value is -1.40. The summed E-state index contributed by atoms with van der Waals surface area (Å²) in [6, 6.07) is 10.0. The van der Waals surface area contributed by atoms with Crippen LogP contribution in [-0.2, 0) is 21.2 Å². The second kappa shape index (κ2) is 6.84. The molecule has 2 aliphatic rings. The molecule has 0 saturated carbocycles. The number of amides is 1. The molecule has 0 aliphatic carbocycles. The standard InChI is InChI=1S/C18H26N2O3S/c1-24(22,23)20-14-6-12-18(20)11-5-13-19(15-18)17(21)10-9-16-7-3-2-4-8-16/h2-4,7-8H,5-6,9-15H2,1H3/t18-/m1/s1. The maximum Gasteiger partial charge on any atom is 0.222 e. The van der Waals surface area contributed by atoms with E-state index in [1.165, 1.54) is 6.26 Å². The summed E-state index contributed by atoms with van der Waals surface area (Å²) in [5.74, 6) is 0.137. The second-order valence-electron chi connectivity index (χ2n) is 7.07. The molecule has 2 saturated heterocycles. The number of benzene rings is 1. The quantitative estimate of drug-likeness (QED) is 0.835. The highest BCUT2D eigenvalue weighted by Gasteiger charge is 2.48. The van der Waals surface area contributed by atoms with Gasteiger partial charge in [-0.2, -0.15) is 4.31 Å². The van der Waals surface area contributed by atoms with Crippen LogP contribution in [0.4, 0.5) is 0 Å². The number of hydrogen-bond acceptors (Lipinski definition) is 3. The molecular formula is C18H26N2O3S. The number of rotatable bonds is 4. The lowest BCUT2D eigenvalue weighted by molar-refractivity contribution is -0.134. The third-order valence-corrected chi connectivity index (χ3v) is 6.68. The second-order valence-corrected chi connectivity index (χ2v) is 8.97. The Morgan fingerprint density at radius 2 is 1.79 bits per heavy atom. The van der Waals surface area contributed by atoms with E-state index in [4.69, 9.17) is 0 Å². The highest BCUT2D eigenvalue weighted by molar-refractivity contribution is 7.88. The molecule has 3 rings (SSSR count). The first kappa shape index (κ1) is 17.4. The maximum atomic E-state index is 12.6. The van der Waals surface area contributed by atoms with E-state index in [1.54, 1.807) is 4.31 Å². The van der Waals surface area contributed by atoms with Gasteiger partial charge in [0.05, 0.1) is 11.8 Å². The molecule has 0 bridgehead atoms. The molecule has 1 aromatic rings. The predicted octanol–water partition coefficient (Wildman–Crippen LogP) is 2.04. The zero-order chi connectivity index (χ0) is 17.2. The van der Waals surface area contributed by atoms with Crippen molar-refractivity contribution in [3.8, 4) is 0 Å². The van der Waals surface area contributed by atoms with Gasteiger partial charge in [-0.25, -0.2) is 8.42 Å². The van der Waals surface area contributed by atoms with Crippen LogP contribution in [0.5, 0.6) is 0 Å². The third kappa shape index (κ3) is 3.64. The van der Waals surface area contributed by atoms with Crippen molar-refractivity contribution in [3.63, 3.8) is 0 Å². The molecule has 24 heavy (non-hydrogen) atoms. The van der Waals surface area contributed by atoms with Crippen molar-refractivity contribution in [2.24, 2.45) is 0 Å². The maximum absolute atomic E-state index is 12.6. The molecule has 1 atom stereocenters. The normalized spacial score (nSPS) is 25.3. The van der Waals surface area contributed by atoms with Gasteiger partial charge >= 0.3 is 0 Å². The van der Waals surface area contributed by atoms with Gasteiger partial charge < -0.3 is 4.90 Å². The number of piperidine rings is 1. The Labute approximate surface area is 144 Å². The van der Waals surface area contributed by atoms with Gasteiger partial charge in [0.1, 0.15) is 0 Å². The van der Waals surface area contributed by atoms with Gasteiger partial charge in [0.2, 0.25) is 15.9 Å². The molecule has 1 aromatic carbocycles. The Balaban J connectivity index is 1.66. The summed E-state index contributed by atoms with van der Waals surface area (Å²) >= 11 is 0. The van der Waals surface area contributed by atoms with Gasteiger partial charge in [-0.3, -0.25) is 4.79 Å². The van der Waals surface area contributed by atoms with Gasteiger partial charge in [-0.05, 0) is 37.7 Å². The first-order chi connectivity index (χ1) is 11.4. The lowest BCUT2D eigenvalue weighted by Crippen LogP contribution is -2.58. The number of carbonyl (C=O) groups excluding carboxylic acids is 1. The summed E-state index contributed by atoms with van der Waals surface area (Å²) in [6.45, 7) is 1.88. The van der Waals surface area contributed by atoms with Crippen molar-refractivity contribution in [3.05, 3.63) is 35.9 Å². The first-order valence-electron chi connectivity index (χ1n) is 8.70. The minimum Gasteiger partial charge on any atom is -0.341 e. The molecular weight excluding hydrogens is 324 g/mol. The van der Waals surface area contributed by atoms with Crippen LogP contribution >= 0.6 is 0 Å². The van der Waals surface area contributed by atoms with E-state index in [0.717, 1.165) is 44.2 Å². The van der Waals surface area contributed by atoms with Crippen molar-refractivity contribution in [2.75, 3.05) is 25.9 Å². The summed E-state index contributed by atoms with van der Waals surface area (Å²) in [6.07, 6.45) is 6.00. The number of hydrogen-bond donors (Lipinski definition) is 0. The average molecular weight is 350 g/mol. The van der Waals surface area contributed by atoms with Gasteiger partial charge in [0.15, 0.2) is 0 Å². The fourth-order valence-corrected chi connectivity index (χ4v) is 5.62. The SMILES string of the molecule is CS(=O)(=O)N1CCC[C@@]12CCCN(C(=O)CCc1ccccc1)C2. The fraction of sp³-hybridized carbons (Fsp3) is 0.611. The van der Waals surface area contributed by atoms with E-state index < -0.39 is 10.0 Å². The monoisotopic (exact) mass is 350 g/mol. The molecule has 0 aromatic heterocycles. The van der Waals surface area contributed by atoms with Gasteiger partial charge in [0, 0.05) is 26.1 Å². The largest absolute Gasteiger partial charge is 0.341 e. The van der Waals surface area contributed by atoms with E-state index >= 15 is 0 Å². The molecule has 2 heterocycles. The zero-order valence-corrected chi connectivity index (χ0v) is 15.1. The molecule has 0 unspecified atom stereocenters. The van der Waals surface area contributed by atoms with Crippen molar-refractivity contribution < 1.29 is 13.2 Å². The van der Waals surface area contributed by atoms with Crippen LogP contribution in [0, 0.1) is 0 Å². The fourth-order valence-electron chi connectivity index (χ4n) is 4.22. The Morgan fingerprint density at radius 3 is 2.46 bits per heavy atom. The molecule has 132 valence electrons.